The highest BCUT2D eigenvalue weighted by molar-refractivity contribution is 5.75. The van der Waals surface area contributed by atoms with Gasteiger partial charge < -0.3 is 10.6 Å². The Bertz CT molecular complexity index is 1400. The summed E-state index contributed by atoms with van der Waals surface area (Å²) in [6.45, 7) is 4.34. The first-order valence-electron chi connectivity index (χ1n) is 11.3. The first kappa shape index (κ1) is 21.2. The third-order valence-electron chi connectivity index (χ3n) is 6.38. The van der Waals surface area contributed by atoms with E-state index in [0.717, 1.165) is 36.1 Å². The Kier molecular flexibility index (Phi) is 5.60. The van der Waals surface area contributed by atoms with Crippen LogP contribution in [0.2, 0.25) is 0 Å². The van der Waals surface area contributed by atoms with Crippen LogP contribution in [0.3, 0.4) is 0 Å². The SMILES string of the molecule is Cc1ccccc1Cn1c(N2CCCC(N)C2)nc2c1c(=O)[nH]c(=O)n2Cc1ccccc1. The molecule has 3 heterocycles. The van der Waals surface area contributed by atoms with Crippen molar-refractivity contribution in [3.05, 3.63) is 92.1 Å². The summed E-state index contributed by atoms with van der Waals surface area (Å²) in [7, 11) is 0. The average molecular weight is 445 g/mol. The van der Waals surface area contributed by atoms with E-state index in [9.17, 15) is 9.59 Å². The van der Waals surface area contributed by atoms with Crippen LogP contribution in [0.4, 0.5) is 5.95 Å². The fraction of sp³-hybridized carbons (Fsp3) is 0.320. The van der Waals surface area contributed by atoms with E-state index in [0.29, 0.717) is 36.7 Å². The van der Waals surface area contributed by atoms with Gasteiger partial charge in [0.25, 0.3) is 5.56 Å². The van der Waals surface area contributed by atoms with Gasteiger partial charge in [-0.3, -0.25) is 18.9 Å². The smallest absolute Gasteiger partial charge is 0.330 e. The van der Waals surface area contributed by atoms with Crippen LogP contribution in [0.5, 0.6) is 0 Å². The molecule has 0 spiro atoms. The Morgan fingerprint density at radius 1 is 1.03 bits per heavy atom. The van der Waals surface area contributed by atoms with Gasteiger partial charge in [0.1, 0.15) is 0 Å². The maximum absolute atomic E-state index is 13.1. The lowest BCUT2D eigenvalue weighted by atomic mass is 10.1. The first-order chi connectivity index (χ1) is 16.0. The zero-order chi connectivity index (χ0) is 22.9. The molecule has 0 bridgehead atoms. The third kappa shape index (κ3) is 4.09. The van der Waals surface area contributed by atoms with Crippen molar-refractivity contribution in [1.29, 1.82) is 0 Å². The summed E-state index contributed by atoms with van der Waals surface area (Å²) in [5.41, 5.74) is 9.38. The predicted molar refractivity (Wildman–Crippen MR) is 130 cm³/mol. The van der Waals surface area contributed by atoms with Gasteiger partial charge in [-0.25, -0.2) is 4.79 Å². The molecule has 4 aromatic rings. The van der Waals surface area contributed by atoms with Gasteiger partial charge in [-0.05, 0) is 36.5 Å². The minimum atomic E-state index is -0.459. The summed E-state index contributed by atoms with van der Waals surface area (Å²) in [5, 5.41) is 0. The molecule has 1 saturated heterocycles. The van der Waals surface area contributed by atoms with Crippen LogP contribution in [0.1, 0.15) is 29.5 Å². The summed E-state index contributed by atoms with van der Waals surface area (Å²) >= 11 is 0. The number of piperidine rings is 1. The van der Waals surface area contributed by atoms with Crippen LogP contribution in [-0.4, -0.2) is 38.2 Å². The van der Waals surface area contributed by atoms with Crippen LogP contribution in [-0.2, 0) is 13.1 Å². The number of rotatable bonds is 5. The lowest BCUT2D eigenvalue weighted by molar-refractivity contribution is 0.495. The van der Waals surface area contributed by atoms with Crippen molar-refractivity contribution in [2.24, 2.45) is 5.73 Å². The average Bonchev–Trinajstić information content (AvgIpc) is 3.18. The van der Waals surface area contributed by atoms with E-state index in [1.54, 1.807) is 4.57 Å². The molecule has 8 heteroatoms. The van der Waals surface area contributed by atoms with Crippen molar-refractivity contribution in [1.82, 2.24) is 19.1 Å². The van der Waals surface area contributed by atoms with E-state index in [1.165, 1.54) is 0 Å². The summed E-state index contributed by atoms with van der Waals surface area (Å²) in [4.78, 5) is 35.5. The maximum atomic E-state index is 13.1. The van der Waals surface area contributed by atoms with E-state index in [1.807, 2.05) is 47.0 Å². The van der Waals surface area contributed by atoms with Crippen LogP contribution in [0, 0.1) is 6.92 Å². The molecular formula is C25H28N6O2. The molecule has 0 aliphatic carbocycles. The highest BCUT2D eigenvalue weighted by atomic mass is 16.2. The van der Waals surface area contributed by atoms with E-state index < -0.39 is 11.2 Å². The van der Waals surface area contributed by atoms with Gasteiger partial charge in [-0.2, -0.15) is 4.98 Å². The zero-order valence-corrected chi connectivity index (χ0v) is 18.7. The molecule has 1 unspecified atom stereocenters. The topological polar surface area (TPSA) is 102 Å². The standard InChI is InChI=1S/C25H28N6O2/c1-17-8-5-6-11-19(17)15-30-21-22(27-24(30)29-13-7-12-20(26)16-29)31(25(33)28-23(21)32)14-18-9-3-2-4-10-18/h2-6,8-11,20H,7,12-16,26H2,1H3,(H,28,32,33). The van der Waals surface area contributed by atoms with Gasteiger partial charge in [0.15, 0.2) is 11.2 Å². The van der Waals surface area contributed by atoms with E-state index in [4.69, 9.17) is 10.7 Å². The van der Waals surface area contributed by atoms with Crippen LogP contribution < -0.4 is 21.9 Å². The fourth-order valence-electron chi connectivity index (χ4n) is 4.61. The van der Waals surface area contributed by atoms with Crippen LogP contribution in [0.15, 0.2) is 64.2 Å². The highest BCUT2D eigenvalue weighted by Gasteiger charge is 2.26. The van der Waals surface area contributed by atoms with Crippen molar-refractivity contribution in [3.8, 4) is 0 Å². The molecule has 1 fully saturated rings. The molecule has 170 valence electrons. The molecule has 2 aromatic carbocycles. The number of hydrogen-bond acceptors (Lipinski definition) is 5. The molecule has 1 aliphatic rings. The number of H-pyrrole nitrogens is 1. The predicted octanol–water partition coefficient (Wildman–Crippen LogP) is 2.22. The van der Waals surface area contributed by atoms with Gasteiger partial charge in [0.05, 0.1) is 13.1 Å². The zero-order valence-electron chi connectivity index (χ0n) is 18.7. The number of nitrogens with one attached hydrogen (secondary N) is 1. The Morgan fingerprint density at radius 3 is 2.55 bits per heavy atom. The number of nitrogens with two attached hydrogens (primary N) is 1. The molecule has 1 aliphatic heterocycles. The normalized spacial score (nSPS) is 16.4. The van der Waals surface area contributed by atoms with E-state index in [-0.39, 0.29) is 6.04 Å². The van der Waals surface area contributed by atoms with Gasteiger partial charge in [-0.15, -0.1) is 0 Å². The number of hydrogen-bond donors (Lipinski definition) is 2. The Labute approximate surface area is 191 Å². The summed E-state index contributed by atoms with van der Waals surface area (Å²) in [6, 6.07) is 17.9. The maximum Gasteiger partial charge on any atom is 0.330 e. The Hall–Kier alpha value is -3.65. The third-order valence-corrected chi connectivity index (χ3v) is 6.38. The molecule has 0 saturated carbocycles. The van der Waals surface area contributed by atoms with Gasteiger partial charge in [-0.1, -0.05) is 54.6 Å². The highest BCUT2D eigenvalue weighted by Crippen LogP contribution is 2.25. The molecule has 1 atom stereocenters. The second-order valence-electron chi connectivity index (χ2n) is 8.78. The lowest BCUT2D eigenvalue weighted by Gasteiger charge is -2.32. The minimum absolute atomic E-state index is 0.0512. The molecule has 5 rings (SSSR count). The fourth-order valence-corrected chi connectivity index (χ4v) is 4.61. The summed E-state index contributed by atoms with van der Waals surface area (Å²) in [5.74, 6) is 0.682. The number of fused-ring (bicyclic) bond motifs is 1. The first-order valence-corrected chi connectivity index (χ1v) is 11.3. The quantitative estimate of drug-likeness (QED) is 0.491. The number of nitrogens with zero attached hydrogens (tertiary/aromatic N) is 4. The number of anilines is 1. The van der Waals surface area contributed by atoms with Crippen LogP contribution >= 0.6 is 0 Å². The van der Waals surface area contributed by atoms with Gasteiger partial charge >= 0.3 is 5.69 Å². The molecule has 3 N–H and O–H groups in total. The monoisotopic (exact) mass is 444 g/mol. The molecular weight excluding hydrogens is 416 g/mol. The van der Waals surface area contributed by atoms with Crippen molar-refractivity contribution in [2.45, 2.75) is 38.9 Å². The molecule has 2 aromatic heterocycles. The van der Waals surface area contributed by atoms with Gasteiger partial charge in [0.2, 0.25) is 5.95 Å². The van der Waals surface area contributed by atoms with Crippen molar-refractivity contribution < 1.29 is 0 Å². The summed E-state index contributed by atoms with van der Waals surface area (Å²) in [6.07, 6.45) is 1.93. The van der Waals surface area contributed by atoms with Crippen molar-refractivity contribution in [3.63, 3.8) is 0 Å². The minimum Gasteiger partial charge on any atom is -0.341 e. The number of aryl methyl sites for hydroxylation is 1. The van der Waals surface area contributed by atoms with Crippen LogP contribution in [0.25, 0.3) is 11.2 Å². The lowest BCUT2D eigenvalue weighted by Crippen LogP contribution is -2.44. The Morgan fingerprint density at radius 2 is 1.79 bits per heavy atom. The molecule has 33 heavy (non-hydrogen) atoms. The number of aromatic amines is 1. The largest absolute Gasteiger partial charge is 0.341 e. The number of aromatic nitrogens is 4. The Balaban J connectivity index is 1.72. The summed E-state index contributed by atoms with van der Waals surface area (Å²) < 4.78 is 3.49. The molecule has 8 nitrogen and oxygen atoms in total. The molecule has 0 radical (unpaired) electrons. The van der Waals surface area contributed by atoms with E-state index >= 15 is 0 Å². The molecule has 0 amide bonds. The second-order valence-corrected chi connectivity index (χ2v) is 8.78. The number of benzene rings is 2. The van der Waals surface area contributed by atoms with Gasteiger partial charge in [0, 0.05) is 19.1 Å². The second kappa shape index (κ2) is 8.71. The van der Waals surface area contributed by atoms with E-state index in [2.05, 4.69) is 28.9 Å². The number of imidazole rings is 1. The van der Waals surface area contributed by atoms with Crippen molar-refractivity contribution in [2.75, 3.05) is 18.0 Å². The van der Waals surface area contributed by atoms with Crippen molar-refractivity contribution >= 4 is 17.1 Å².